The van der Waals surface area contributed by atoms with E-state index < -0.39 is 12.6 Å². The number of aldehydes is 1. The molecule has 2 aromatic carbocycles. The molecule has 0 saturated heterocycles. The van der Waals surface area contributed by atoms with Gasteiger partial charge in [0, 0.05) is 24.4 Å². The molecule has 0 aliphatic carbocycles. The average molecular weight is 429 g/mol. The lowest BCUT2D eigenvalue weighted by Gasteiger charge is -2.28. The molecule has 1 amide bonds. The Kier molecular flexibility index (Phi) is 6.64. The minimum absolute atomic E-state index is 0.0253. The molecule has 1 atom stereocenters. The smallest absolute Gasteiger partial charge is 0.254 e. The number of aliphatic hydroxyl groups excluding tert-OH is 1. The first-order valence-corrected chi connectivity index (χ1v) is 9.56. The van der Waals surface area contributed by atoms with Gasteiger partial charge in [0.2, 0.25) is 0 Å². The van der Waals surface area contributed by atoms with Crippen molar-refractivity contribution in [3.8, 4) is 11.1 Å². The SMILES string of the molecule is CN(C(=O)c1ccc(-c2ccccc2)cc1)C(CO)c1cnc(Cl)c(C=O)c1Cl. The van der Waals surface area contributed by atoms with Crippen LogP contribution in [0.3, 0.4) is 0 Å². The van der Waals surface area contributed by atoms with Crippen LogP contribution < -0.4 is 0 Å². The number of likely N-dealkylation sites (N-methyl/N-ethyl adjacent to an activating group) is 1. The zero-order valence-corrected chi connectivity index (χ0v) is 17.1. The molecular weight excluding hydrogens is 411 g/mol. The summed E-state index contributed by atoms with van der Waals surface area (Å²) >= 11 is 12.1. The van der Waals surface area contributed by atoms with E-state index in [1.54, 1.807) is 19.2 Å². The topological polar surface area (TPSA) is 70.5 Å². The van der Waals surface area contributed by atoms with E-state index in [1.165, 1.54) is 11.1 Å². The maximum Gasteiger partial charge on any atom is 0.254 e. The fraction of sp³-hybridized carbons (Fsp3) is 0.136. The lowest BCUT2D eigenvalue weighted by molar-refractivity contribution is 0.0658. The van der Waals surface area contributed by atoms with Crippen molar-refractivity contribution in [2.75, 3.05) is 13.7 Å². The maximum atomic E-state index is 13.0. The molecule has 7 heteroatoms. The summed E-state index contributed by atoms with van der Waals surface area (Å²) in [4.78, 5) is 29.5. The van der Waals surface area contributed by atoms with Gasteiger partial charge in [-0.2, -0.15) is 0 Å². The lowest BCUT2D eigenvalue weighted by atomic mass is 10.0. The number of hydrogen-bond acceptors (Lipinski definition) is 4. The maximum absolute atomic E-state index is 13.0. The molecule has 0 radical (unpaired) electrons. The van der Waals surface area contributed by atoms with Crippen molar-refractivity contribution in [2.24, 2.45) is 0 Å². The molecule has 3 rings (SSSR count). The highest BCUT2D eigenvalue weighted by molar-refractivity contribution is 6.38. The second-order valence-corrected chi connectivity index (χ2v) is 7.14. The number of amides is 1. The number of aliphatic hydroxyl groups is 1. The summed E-state index contributed by atoms with van der Waals surface area (Å²) in [6, 6.07) is 16.2. The molecule has 0 saturated carbocycles. The summed E-state index contributed by atoms with van der Waals surface area (Å²) in [6.07, 6.45) is 1.86. The summed E-state index contributed by atoms with van der Waals surface area (Å²) in [6.45, 7) is -0.397. The van der Waals surface area contributed by atoms with E-state index in [1.807, 2.05) is 42.5 Å². The van der Waals surface area contributed by atoms with E-state index in [4.69, 9.17) is 23.2 Å². The number of pyridine rings is 1. The third-order valence-corrected chi connectivity index (χ3v) is 5.43. The van der Waals surface area contributed by atoms with E-state index in [2.05, 4.69) is 4.98 Å². The van der Waals surface area contributed by atoms with Crippen LogP contribution in [0.25, 0.3) is 11.1 Å². The quantitative estimate of drug-likeness (QED) is 0.457. The van der Waals surface area contributed by atoms with E-state index in [9.17, 15) is 14.7 Å². The summed E-state index contributed by atoms with van der Waals surface area (Å²) < 4.78 is 0. The number of carbonyl (C=O) groups is 2. The molecule has 29 heavy (non-hydrogen) atoms. The number of halogens is 2. The average Bonchev–Trinajstić information content (AvgIpc) is 2.76. The normalized spacial score (nSPS) is 11.7. The van der Waals surface area contributed by atoms with Gasteiger partial charge in [-0.25, -0.2) is 4.98 Å². The van der Waals surface area contributed by atoms with Crippen LogP contribution in [0, 0.1) is 0 Å². The van der Waals surface area contributed by atoms with E-state index in [0.717, 1.165) is 11.1 Å². The fourth-order valence-electron chi connectivity index (χ4n) is 3.04. The molecule has 1 aromatic heterocycles. The van der Waals surface area contributed by atoms with Gasteiger partial charge in [-0.15, -0.1) is 0 Å². The Labute approximate surface area is 178 Å². The zero-order valence-electron chi connectivity index (χ0n) is 15.5. The van der Waals surface area contributed by atoms with Crippen molar-refractivity contribution in [2.45, 2.75) is 6.04 Å². The highest BCUT2D eigenvalue weighted by Gasteiger charge is 2.26. The van der Waals surface area contributed by atoms with Gasteiger partial charge in [0.05, 0.1) is 23.2 Å². The monoisotopic (exact) mass is 428 g/mol. The highest BCUT2D eigenvalue weighted by atomic mass is 35.5. The molecule has 0 fully saturated rings. The van der Waals surface area contributed by atoms with E-state index in [-0.39, 0.29) is 21.6 Å². The molecule has 148 valence electrons. The molecule has 1 heterocycles. The van der Waals surface area contributed by atoms with Gasteiger partial charge >= 0.3 is 0 Å². The third-order valence-electron chi connectivity index (χ3n) is 4.71. The van der Waals surface area contributed by atoms with Crippen LogP contribution in [0.4, 0.5) is 0 Å². The van der Waals surface area contributed by atoms with Gasteiger partial charge in [0.1, 0.15) is 5.15 Å². The molecular formula is C22H18Cl2N2O3. The van der Waals surface area contributed by atoms with Gasteiger partial charge < -0.3 is 10.0 Å². The van der Waals surface area contributed by atoms with Crippen molar-refractivity contribution in [3.63, 3.8) is 0 Å². The van der Waals surface area contributed by atoms with Crippen LogP contribution in [-0.2, 0) is 0 Å². The number of hydrogen-bond donors (Lipinski definition) is 1. The van der Waals surface area contributed by atoms with E-state index >= 15 is 0 Å². The highest BCUT2D eigenvalue weighted by Crippen LogP contribution is 2.32. The second-order valence-electron chi connectivity index (χ2n) is 6.41. The van der Waals surface area contributed by atoms with Crippen molar-refractivity contribution in [1.29, 1.82) is 0 Å². The van der Waals surface area contributed by atoms with Crippen LogP contribution in [-0.4, -0.2) is 40.8 Å². The molecule has 0 aliphatic heterocycles. The van der Waals surface area contributed by atoms with Crippen LogP contribution in [0.15, 0.2) is 60.8 Å². The Bertz CT molecular complexity index is 1020. The standard InChI is InChI=1S/C22H18Cl2N2O3/c1-26(19(13-28)17-11-25-21(24)18(12-27)20(17)23)22(29)16-9-7-15(8-10-16)14-5-3-2-4-6-14/h2-12,19,28H,13H2,1H3. The van der Waals surface area contributed by atoms with Gasteiger partial charge in [0.15, 0.2) is 6.29 Å². The van der Waals surface area contributed by atoms with Gasteiger partial charge in [0.25, 0.3) is 5.91 Å². The zero-order chi connectivity index (χ0) is 21.0. The molecule has 1 unspecified atom stereocenters. The Morgan fingerprint density at radius 3 is 2.31 bits per heavy atom. The number of nitrogens with zero attached hydrogens (tertiary/aromatic N) is 2. The molecule has 0 bridgehead atoms. The number of rotatable bonds is 6. The third kappa shape index (κ3) is 4.32. The van der Waals surface area contributed by atoms with Gasteiger partial charge in [-0.1, -0.05) is 65.7 Å². The van der Waals surface area contributed by atoms with Crippen molar-refractivity contribution >= 4 is 35.4 Å². The van der Waals surface area contributed by atoms with E-state index in [0.29, 0.717) is 17.4 Å². The number of aromatic nitrogens is 1. The minimum atomic E-state index is -0.785. The molecule has 0 aliphatic rings. The second kappa shape index (κ2) is 9.18. The Morgan fingerprint density at radius 2 is 1.72 bits per heavy atom. The molecule has 5 nitrogen and oxygen atoms in total. The Hall–Kier alpha value is -2.73. The van der Waals surface area contributed by atoms with Crippen LogP contribution >= 0.6 is 23.2 Å². The van der Waals surface area contributed by atoms with Crippen molar-refractivity contribution < 1.29 is 14.7 Å². The molecule has 1 N–H and O–H groups in total. The predicted molar refractivity (Wildman–Crippen MR) is 113 cm³/mol. The number of carbonyl (C=O) groups excluding carboxylic acids is 2. The number of benzene rings is 2. The summed E-state index contributed by atoms with van der Waals surface area (Å²) in [5, 5.41) is 9.93. The fourth-order valence-corrected chi connectivity index (χ4v) is 3.59. The first kappa shape index (κ1) is 21.0. The summed E-state index contributed by atoms with van der Waals surface area (Å²) in [7, 11) is 1.56. The van der Waals surface area contributed by atoms with Crippen LogP contribution in [0.1, 0.15) is 32.3 Å². The first-order valence-electron chi connectivity index (χ1n) is 8.80. The lowest BCUT2D eigenvalue weighted by Crippen LogP contribution is -2.33. The molecule has 0 spiro atoms. The van der Waals surface area contributed by atoms with Crippen LogP contribution in [0.5, 0.6) is 0 Å². The Balaban J connectivity index is 1.88. The van der Waals surface area contributed by atoms with Gasteiger partial charge in [-0.05, 0) is 23.3 Å². The van der Waals surface area contributed by atoms with Crippen molar-refractivity contribution in [1.82, 2.24) is 9.88 Å². The Morgan fingerprint density at radius 1 is 1.10 bits per heavy atom. The summed E-state index contributed by atoms with van der Waals surface area (Å²) in [5.41, 5.74) is 2.87. The van der Waals surface area contributed by atoms with Crippen molar-refractivity contribution in [3.05, 3.63) is 87.7 Å². The summed E-state index contributed by atoms with van der Waals surface area (Å²) in [5.74, 6) is -0.303. The van der Waals surface area contributed by atoms with Gasteiger partial charge in [-0.3, -0.25) is 9.59 Å². The van der Waals surface area contributed by atoms with Crippen LogP contribution in [0.2, 0.25) is 10.2 Å². The molecule has 3 aromatic rings. The predicted octanol–water partition coefficient (Wildman–Crippen LogP) is 4.67. The largest absolute Gasteiger partial charge is 0.394 e. The minimum Gasteiger partial charge on any atom is -0.394 e. The first-order chi connectivity index (χ1) is 14.0.